The zero-order valence-corrected chi connectivity index (χ0v) is 13.6. The van der Waals surface area contributed by atoms with Gasteiger partial charge in [-0.05, 0) is 6.07 Å². The highest BCUT2D eigenvalue weighted by Crippen LogP contribution is 2.13. The van der Waals surface area contributed by atoms with Crippen LogP contribution in [-0.2, 0) is 17.9 Å². The van der Waals surface area contributed by atoms with Crippen LogP contribution in [0.3, 0.4) is 0 Å². The number of rotatable bonds is 5. The van der Waals surface area contributed by atoms with Crippen molar-refractivity contribution in [1.29, 1.82) is 0 Å². The van der Waals surface area contributed by atoms with Crippen molar-refractivity contribution in [3.8, 4) is 0 Å². The van der Waals surface area contributed by atoms with Crippen molar-refractivity contribution in [1.82, 2.24) is 19.6 Å². The van der Waals surface area contributed by atoms with E-state index in [0.29, 0.717) is 43.9 Å². The van der Waals surface area contributed by atoms with Gasteiger partial charge >= 0.3 is 5.97 Å². The number of hydrogen-bond acceptors (Lipinski definition) is 4. The SMILES string of the molecule is O=C(O)Cn1cc(C(=O)N2CCN(Cc3ccccc3F)CC2)cn1. The molecule has 2 heterocycles. The van der Waals surface area contributed by atoms with E-state index in [9.17, 15) is 14.0 Å². The van der Waals surface area contributed by atoms with Gasteiger partial charge in [-0.2, -0.15) is 5.10 Å². The third kappa shape index (κ3) is 4.21. The predicted molar refractivity (Wildman–Crippen MR) is 87.4 cm³/mol. The topological polar surface area (TPSA) is 78.7 Å². The second-order valence-electron chi connectivity index (χ2n) is 5.98. The number of hydrogen-bond donors (Lipinski definition) is 1. The molecule has 1 fully saturated rings. The van der Waals surface area contributed by atoms with Gasteiger partial charge in [0, 0.05) is 44.5 Å². The minimum Gasteiger partial charge on any atom is -0.480 e. The largest absolute Gasteiger partial charge is 0.480 e. The highest BCUT2D eigenvalue weighted by Gasteiger charge is 2.23. The number of aliphatic carboxylic acids is 1. The van der Waals surface area contributed by atoms with Crippen LogP contribution in [0.4, 0.5) is 4.39 Å². The molecule has 3 rings (SSSR count). The Labute approximate surface area is 144 Å². The second kappa shape index (κ2) is 7.43. The summed E-state index contributed by atoms with van der Waals surface area (Å²) in [7, 11) is 0. The van der Waals surface area contributed by atoms with Crippen LogP contribution in [0.2, 0.25) is 0 Å². The Morgan fingerprint density at radius 2 is 1.88 bits per heavy atom. The maximum absolute atomic E-state index is 13.7. The van der Waals surface area contributed by atoms with Crippen molar-refractivity contribution < 1.29 is 19.1 Å². The average Bonchev–Trinajstić information content (AvgIpc) is 3.05. The lowest BCUT2D eigenvalue weighted by molar-refractivity contribution is -0.137. The van der Waals surface area contributed by atoms with Crippen LogP contribution < -0.4 is 0 Å². The van der Waals surface area contributed by atoms with E-state index < -0.39 is 5.97 Å². The summed E-state index contributed by atoms with van der Waals surface area (Å²) in [6.45, 7) is 2.64. The summed E-state index contributed by atoms with van der Waals surface area (Å²) in [5, 5.41) is 12.6. The van der Waals surface area contributed by atoms with Crippen molar-refractivity contribution in [2.75, 3.05) is 26.2 Å². The molecule has 0 spiro atoms. The molecule has 0 bridgehead atoms. The van der Waals surface area contributed by atoms with Crippen molar-refractivity contribution in [3.05, 3.63) is 53.6 Å². The molecule has 1 aliphatic heterocycles. The quantitative estimate of drug-likeness (QED) is 0.876. The van der Waals surface area contributed by atoms with Gasteiger partial charge in [0.25, 0.3) is 5.91 Å². The van der Waals surface area contributed by atoms with E-state index in [4.69, 9.17) is 5.11 Å². The molecule has 0 aliphatic carbocycles. The van der Waals surface area contributed by atoms with Crippen molar-refractivity contribution in [2.24, 2.45) is 0 Å². The Morgan fingerprint density at radius 1 is 1.16 bits per heavy atom. The first-order valence-corrected chi connectivity index (χ1v) is 8.02. The first kappa shape index (κ1) is 17.1. The molecule has 0 radical (unpaired) electrons. The number of carbonyl (C=O) groups is 2. The lowest BCUT2D eigenvalue weighted by atomic mass is 10.2. The molecular formula is C17H19FN4O3. The van der Waals surface area contributed by atoms with Crippen molar-refractivity contribution >= 4 is 11.9 Å². The molecule has 1 amide bonds. The Hall–Kier alpha value is -2.74. The number of carboxylic acids is 1. The fraction of sp³-hybridized carbons (Fsp3) is 0.353. The maximum Gasteiger partial charge on any atom is 0.325 e. The highest BCUT2D eigenvalue weighted by molar-refractivity contribution is 5.93. The zero-order valence-electron chi connectivity index (χ0n) is 13.6. The highest BCUT2D eigenvalue weighted by atomic mass is 19.1. The van der Waals surface area contributed by atoms with Crippen LogP contribution in [0.15, 0.2) is 36.7 Å². The Balaban J connectivity index is 1.55. The lowest BCUT2D eigenvalue weighted by Gasteiger charge is -2.34. The van der Waals surface area contributed by atoms with Gasteiger partial charge in [0.05, 0.1) is 11.8 Å². The summed E-state index contributed by atoms with van der Waals surface area (Å²) in [6, 6.07) is 6.69. The van der Waals surface area contributed by atoms with E-state index in [1.165, 1.54) is 23.1 Å². The molecule has 1 aliphatic rings. The number of carbonyl (C=O) groups excluding carboxylic acids is 1. The fourth-order valence-corrected chi connectivity index (χ4v) is 2.86. The van der Waals surface area contributed by atoms with Gasteiger partial charge in [0.2, 0.25) is 0 Å². The summed E-state index contributed by atoms with van der Waals surface area (Å²) >= 11 is 0. The standard InChI is InChI=1S/C17H19FN4O3/c18-15-4-2-1-3-13(15)10-20-5-7-21(8-6-20)17(25)14-9-19-22(11-14)12-16(23)24/h1-4,9,11H,5-8,10,12H2,(H,23,24). The molecule has 8 heteroatoms. The zero-order chi connectivity index (χ0) is 17.8. The fourth-order valence-electron chi connectivity index (χ4n) is 2.86. The molecule has 1 aromatic carbocycles. The molecule has 2 aromatic rings. The van der Waals surface area contributed by atoms with E-state index in [-0.39, 0.29) is 18.3 Å². The molecule has 0 saturated carbocycles. The number of amides is 1. The number of piperazine rings is 1. The Kier molecular flexibility index (Phi) is 5.08. The van der Waals surface area contributed by atoms with E-state index in [1.54, 1.807) is 17.0 Å². The van der Waals surface area contributed by atoms with Crippen LogP contribution in [0, 0.1) is 5.82 Å². The molecule has 1 N–H and O–H groups in total. The normalized spacial score (nSPS) is 15.3. The summed E-state index contributed by atoms with van der Waals surface area (Å²) in [4.78, 5) is 27.0. The third-order valence-electron chi connectivity index (χ3n) is 4.19. The van der Waals surface area contributed by atoms with Gasteiger partial charge in [-0.25, -0.2) is 4.39 Å². The minimum absolute atomic E-state index is 0.165. The van der Waals surface area contributed by atoms with E-state index >= 15 is 0 Å². The predicted octanol–water partition coefficient (Wildman–Crippen LogP) is 1.06. The summed E-state index contributed by atoms with van der Waals surface area (Å²) in [5.41, 5.74) is 1.03. The number of carboxylic acid groups (broad SMARTS) is 1. The third-order valence-corrected chi connectivity index (χ3v) is 4.19. The van der Waals surface area contributed by atoms with Crippen LogP contribution >= 0.6 is 0 Å². The summed E-state index contributed by atoms with van der Waals surface area (Å²) < 4.78 is 14.9. The van der Waals surface area contributed by atoms with E-state index in [2.05, 4.69) is 10.00 Å². The summed E-state index contributed by atoms with van der Waals surface area (Å²) in [5.74, 6) is -1.39. The Morgan fingerprint density at radius 3 is 2.56 bits per heavy atom. The number of nitrogens with zero attached hydrogens (tertiary/aromatic N) is 4. The molecule has 25 heavy (non-hydrogen) atoms. The molecule has 7 nitrogen and oxygen atoms in total. The van der Waals surface area contributed by atoms with Crippen molar-refractivity contribution in [3.63, 3.8) is 0 Å². The van der Waals surface area contributed by atoms with E-state index in [0.717, 1.165) is 0 Å². The molecule has 1 saturated heterocycles. The molecule has 132 valence electrons. The first-order chi connectivity index (χ1) is 12.0. The molecule has 1 aromatic heterocycles. The molecule has 0 unspecified atom stereocenters. The number of aromatic nitrogens is 2. The lowest BCUT2D eigenvalue weighted by Crippen LogP contribution is -2.48. The molecular weight excluding hydrogens is 327 g/mol. The van der Waals surface area contributed by atoms with Gasteiger partial charge in [-0.15, -0.1) is 0 Å². The second-order valence-corrected chi connectivity index (χ2v) is 5.98. The maximum atomic E-state index is 13.7. The van der Waals surface area contributed by atoms with Crippen molar-refractivity contribution in [2.45, 2.75) is 13.1 Å². The van der Waals surface area contributed by atoms with Crippen LogP contribution in [0.25, 0.3) is 0 Å². The van der Waals surface area contributed by atoms with Crippen LogP contribution in [0.5, 0.6) is 0 Å². The van der Waals surface area contributed by atoms with Gasteiger partial charge in [-0.3, -0.25) is 19.2 Å². The Bertz CT molecular complexity index is 769. The number of halogens is 1. The smallest absolute Gasteiger partial charge is 0.325 e. The minimum atomic E-state index is -1.01. The first-order valence-electron chi connectivity index (χ1n) is 8.02. The number of benzene rings is 1. The van der Waals surface area contributed by atoms with Crippen LogP contribution in [0.1, 0.15) is 15.9 Å². The van der Waals surface area contributed by atoms with Gasteiger partial charge in [0.15, 0.2) is 0 Å². The van der Waals surface area contributed by atoms with Crippen LogP contribution in [-0.4, -0.2) is 62.7 Å². The monoisotopic (exact) mass is 346 g/mol. The molecule has 0 atom stereocenters. The van der Waals surface area contributed by atoms with Gasteiger partial charge in [0.1, 0.15) is 12.4 Å². The summed E-state index contributed by atoms with van der Waals surface area (Å²) in [6.07, 6.45) is 2.83. The van der Waals surface area contributed by atoms with E-state index in [1.807, 2.05) is 6.07 Å². The van der Waals surface area contributed by atoms with Gasteiger partial charge < -0.3 is 10.0 Å². The van der Waals surface area contributed by atoms with Gasteiger partial charge in [-0.1, -0.05) is 18.2 Å². The average molecular weight is 346 g/mol.